The highest BCUT2D eigenvalue weighted by Crippen LogP contribution is 2.71. The molecule has 0 aromatic heterocycles. The maximum Gasteiger partial charge on any atom is 0.244 e. The van der Waals surface area contributed by atoms with E-state index in [9.17, 15) is 19.5 Å². The lowest BCUT2D eigenvalue weighted by atomic mass is 9.66. The average molecular weight is 474 g/mol. The van der Waals surface area contributed by atoms with Crippen molar-refractivity contribution in [2.24, 2.45) is 11.8 Å². The zero-order chi connectivity index (χ0) is 23.8. The number of amides is 3. The summed E-state index contributed by atoms with van der Waals surface area (Å²) >= 11 is 1.69. The highest BCUT2D eigenvalue weighted by atomic mass is 32.2. The molecule has 8 heteroatoms. The molecule has 1 aromatic rings. The largest absolute Gasteiger partial charge is 0.396 e. The number of fused-ring (bicyclic) bond motifs is 1. The fourth-order valence-corrected chi connectivity index (χ4v) is 8.38. The molecular formula is C25H35N3O4S. The molecule has 3 fully saturated rings. The Hall–Kier alpha value is -2.06. The third-order valence-corrected chi connectivity index (χ3v) is 9.34. The number of hydrogen-bond donors (Lipinski definition) is 3. The smallest absolute Gasteiger partial charge is 0.244 e. The predicted octanol–water partition coefficient (Wildman–Crippen LogP) is 2.08. The van der Waals surface area contributed by atoms with E-state index in [-0.39, 0.29) is 35.1 Å². The van der Waals surface area contributed by atoms with Gasteiger partial charge < -0.3 is 20.6 Å². The quantitative estimate of drug-likeness (QED) is 0.477. The second kappa shape index (κ2) is 9.29. The van der Waals surface area contributed by atoms with Crippen LogP contribution in [0.1, 0.15) is 52.0 Å². The van der Waals surface area contributed by atoms with Crippen molar-refractivity contribution >= 4 is 29.5 Å². The molecular weight excluding hydrogens is 438 g/mol. The first-order chi connectivity index (χ1) is 15.7. The number of benzene rings is 1. The molecule has 3 saturated heterocycles. The standard InChI is InChI=1S/C25H35N3O4S/c1-16(2)27-22(31)20-25-12-11-24(3,33-25)18(19(25)23(32)28(20)13-7-8-14-29)21(30)26-15-17-9-5-4-6-10-17/h4-6,9-10,16,18-20,29H,7-8,11-15H2,1-3H3,(H,26,30)(H,27,31)/t18-,19-,20?,24+,25?/m0/s1. The first kappa shape index (κ1) is 24.1. The Kier molecular flexibility index (Phi) is 6.78. The number of hydrogen-bond acceptors (Lipinski definition) is 5. The van der Waals surface area contributed by atoms with Gasteiger partial charge in [-0.05, 0) is 52.0 Å². The van der Waals surface area contributed by atoms with E-state index in [1.165, 1.54) is 0 Å². The molecule has 1 aromatic carbocycles. The van der Waals surface area contributed by atoms with Crippen LogP contribution in [-0.2, 0) is 20.9 Å². The van der Waals surface area contributed by atoms with E-state index in [1.807, 2.05) is 44.2 Å². The third kappa shape index (κ3) is 4.16. The number of nitrogens with zero attached hydrogens (tertiary/aromatic N) is 1. The molecule has 2 bridgehead atoms. The molecule has 5 atom stereocenters. The Bertz CT molecular complexity index is 910. The molecule has 2 unspecified atom stereocenters. The van der Waals surface area contributed by atoms with Crippen LogP contribution in [0.3, 0.4) is 0 Å². The van der Waals surface area contributed by atoms with Gasteiger partial charge in [-0.15, -0.1) is 11.8 Å². The minimum atomic E-state index is -0.588. The molecule has 3 N–H and O–H groups in total. The number of aliphatic hydroxyl groups is 1. The second-order valence-electron chi connectivity index (χ2n) is 10.1. The lowest BCUT2D eigenvalue weighted by Crippen LogP contribution is -2.55. The van der Waals surface area contributed by atoms with Crippen LogP contribution in [0.5, 0.6) is 0 Å². The van der Waals surface area contributed by atoms with E-state index < -0.39 is 22.6 Å². The molecule has 4 rings (SSSR count). The number of unbranched alkanes of at least 4 members (excludes halogenated alkanes) is 1. The van der Waals surface area contributed by atoms with E-state index in [1.54, 1.807) is 16.7 Å². The zero-order valence-electron chi connectivity index (χ0n) is 19.7. The first-order valence-electron chi connectivity index (χ1n) is 12.0. The van der Waals surface area contributed by atoms with Crippen LogP contribution in [0, 0.1) is 11.8 Å². The topological polar surface area (TPSA) is 98.7 Å². The molecule has 0 saturated carbocycles. The van der Waals surface area contributed by atoms with Crippen molar-refractivity contribution < 1.29 is 19.5 Å². The minimum Gasteiger partial charge on any atom is -0.396 e. The number of rotatable bonds is 9. The van der Waals surface area contributed by atoms with Gasteiger partial charge >= 0.3 is 0 Å². The van der Waals surface area contributed by atoms with Crippen molar-refractivity contribution in [2.45, 2.75) is 74.6 Å². The molecule has 3 amide bonds. The molecule has 33 heavy (non-hydrogen) atoms. The van der Waals surface area contributed by atoms with Crippen molar-refractivity contribution in [2.75, 3.05) is 13.2 Å². The maximum atomic E-state index is 13.8. The molecule has 7 nitrogen and oxygen atoms in total. The SMILES string of the molecule is CC(C)NC(=O)C1N(CCCCO)C(=O)[C@@H]2[C@@H](C(=O)NCc3ccccc3)[C@@]3(C)CCC12S3. The van der Waals surface area contributed by atoms with Crippen LogP contribution in [0.4, 0.5) is 0 Å². The van der Waals surface area contributed by atoms with Gasteiger partial charge in [-0.25, -0.2) is 0 Å². The Morgan fingerprint density at radius 1 is 1.18 bits per heavy atom. The van der Waals surface area contributed by atoms with Crippen LogP contribution < -0.4 is 10.6 Å². The Morgan fingerprint density at radius 2 is 1.91 bits per heavy atom. The minimum absolute atomic E-state index is 0.0356. The van der Waals surface area contributed by atoms with E-state index >= 15 is 0 Å². The summed E-state index contributed by atoms with van der Waals surface area (Å²) in [5, 5.41) is 15.3. The molecule has 3 heterocycles. The molecule has 3 aliphatic heterocycles. The van der Waals surface area contributed by atoms with Crippen LogP contribution in [0.15, 0.2) is 30.3 Å². The summed E-state index contributed by atoms with van der Waals surface area (Å²) in [6, 6.07) is 9.13. The molecule has 3 aliphatic rings. The number of aliphatic hydroxyl groups excluding tert-OH is 1. The van der Waals surface area contributed by atoms with Gasteiger partial charge in [0.15, 0.2) is 0 Å². The highest BCUT2D eigenvalue weighted by Gasteiger charge is 2.76. The summed E-state index contributed by atoms with van der Waals surface area (Å²) in [5.74, 6) is -1.30. The third-order valence-electron chi connectivity index (χ3n) is 7.36. The Balaban J connectivity index is 1.62. The van der Waals surface area contributed by atoms with E-state index in [0.29, 0.717) is 25.9 Å². The lowest BCUT2D eigenvalue weighted by molar-refractivity contribution is -0.140. The average Bonchev–Trinajstić information content (AvgIpc) is 3.33. The Labute approximate surface area is 200 Å². The summed E-state index contributed by atoms with van der Waals surface area (Å²) in [6.07, 6.45) is 2.76. The second-order valence-corrected chi connectivity index (χ2v) is 12.0. The number of thioether (sulfide) groups is 1. The lowest BCUT2D eigenvalue weighted by Gasteiger charge is -2.35. The summed E-state index contributed by atoms with van der Waals surface area (Å²) in [4.78, 5) is 42.4. The van der Waals surface area contributed by atoms with Crippen LogP contribution in [0.2, 0.25) is 0 Å². The fraction of sp³-hybridized carbons (Fsp3) is 0.640. The summed E-state index contributed by atoms with van der Waals surface area (Å²) < 4.78 is -0.951. The summed E-state index contributed by atoms with van der Waals surface area (Å²) in [7, 11) is 0. The zero-order valence-corrected chi connectivity index (χ0v) is 20.5. The van der Waals surface area contributed by atoms with Crippen molar-refractivity contribution in [1.82, 2.24) is 15.5 Å². The first-order valence-corrected chi connectivity index (χ1v) is 12.8. The summed E-state index contributed by atoms with van der Waals surface area (Å²) in [5.41, 5.74) is 1.01. The number of carbonyl (C=O) groups is 3. The van der Waals surface area contributed by atoms with Crippen LogP contribution in [0.25, 0.3) is 0 Å². The molecule has 0 radical (unpaired) electrons. The van der Waals surface area contributed by atoms with E-state index in [2.05, 4.69) is 17.6 Å². The van der Waals surface area contributed by atoms with Gasteiger partial charge in [0, 0.05) is 30.5 Å². The van der Waals surface area contributed by atoms with Crippen molar-refractivity contribution in [3.05, 3.63) is 35.9 Å². The van der Waals surface area contributed by atoms with Gasteiger partial charge in [0.2, 0.25) is 17.7 Å². The van der Waals surface area contributed by atoms with Gasteiger partial charge in [0.05, 0.1) is 16.6 Å². The van der Waals surface area contributed by atoms with Gasteiger partial charge in [0.25, 0.3) is 0 Å². The normalized spacial score (nSPS) is 32.3. The van der Waals surface area contributed by atoms with Gasteiger partial charge in [0.1, 0.15) is 6.04 Å². The van der Waals surface area contributed by atoms with Crippen molar-refractivity contribution in [3.63, 3.8) is 0 Å². The molecule has 0 aliphatic carbocycles. The van der Waals surface area contributed by atoms with Crippen molar-refractivity contribution in [3.8, 4) is 0 Å². The Morgan fingerprint density at radius 3 is 2.58 bits per heavy atom. The predicted molar refractivity (Wildman–Crippen MR) is 128 cm³/mol. The fourth-order valence-electron chi connectivity index (χ4n) is 6.02. The van der Waals surface area contributed by atoms with Gasteiger partial charge in [-0.1, -0.05) is 30.3 Å². The maximum absolute atomic E-state index is 13.8. The molecule has 1 spiro atoms. The highest BCUT2D eigenvalue weighted by molar-refractivity contribution is 8.02. The van der Waals surface area contributed by atoms with Crippen LogP contribution >= 0.6 is 11.8 Å². The number of likely N-dealkylation sites (tertiary alicyclic amines) is 1. The van der Waals surface area contributed by atoms with Crippen molar-refractivity contribution in [1.29, 1.82) is 0 Å². The summed E-state index contributed by atoms with van der Waals surface area (Å²) in [6.45, 7) is 6.81. The number of nitrogens with one attached hydrogen (secondary N) is 2. The number of carbonyl (C=O) groups excluding carboxylic acids is 3. The van der Waals surface area contributed by atoms with Gasteiger partial charge in [-0.3, -0.25) is 14.4 Å². The van der Waals surface area contributed by atoms with E-state index in [4.69, 9.17) is 0 Å². The molecule has 180 valence electrons. The van der Waals surface area contributed by atoms with Gasteiger partial charge in [-0.2, -0.15) is 0 Å². The van der Waals surface area contributed by atoms with E-state index in [0.717, 1.165) is 18.4 Å². The van der Waals surface area contributed by atoms with Crippen LogP contribution in [-0.4, -0.2) is 62.5 Å². The monoisotopic (exact) mass is 473 g/mol.